The quantitative estimate of drug-likeness (QED) is 0.729. The van der Waals surface area contributed by atoms with Gasteiger partial charge in [-0.2, -0.15) is 0 Å². The van der Waals surface area contributed by atoms with Crippen LogP contribution in [0.15, 0.2) is 30.3 Å². The zero-order valence-electron chi connectivity index (χ0n) is 10.3. The van der Waals surface area contributed by atoms with Gasteiger partial charge in [0.1, 0.15) is 0 Å². The van der Waals surface area contributed by atoms with Crippen LogP contribution in [0.4, 0.5) is 0 Å². The molecule has 2 nitrogen and oxygen atoms in total. The van der Waals surface area contributed by atoms with Crippen LogP contribution in [0.1, 0.15) is 39.3 Å². The number of hydrogen-bond donors (Lipinski definition) is 0. The maximum atomic E-state index is 11.1. The molecule has 0 fully saturated rings. The lowest BCUT2D eigenvalue weighted by Crippen LogP contribution is -2.26. The van der Waals surface area contributed by atoms with E-state index < -0.39 is 0 Å². The van der Waals surface area contributed by atoms with Gasteiger partial charge in [0.2, 0.25) is 5.91 Å². The Kier molecular flexibility index (Phi) is 6.43. The summed E-state index contributed by atoms with van der Waals surface area (Å²) in [4.78, 5) is 12.8. The molecule has 15 heavy (non-hydrogen) atoms. The van der Waals surface area contributed by atoms with E-state index in [1.807, 2.05) is 58.2 Å². The molecule has 1 rings (SSSR count). The first kappa shape index (κ1) is 13.7. The third-order valence-corrected chi connectivity index (χ3v) is 2.36. The second-order valence-electron chi connectivity index (χ2n) is 3.22. The van der Waals surface area contributed by atoms with Gasteiger partial charge in [-0.05, 0) is 12.5 Å². The van der Waals surface area contributed by atoms with Gasteiger partial charge < -0.3 is 4.90 Å². The normalized spacial score (nSPS) is 11.0. The fourth-order valence-corrected chi connectivity index (χ4v) is 1.23. The monoisotopic (exact) mass is 207 g/mol. The smallest absolute Gasteiger partial charge is 0.219 e. The molecule has 2 heteroatoms. The summed E-state index contributed by atoms with van der Waals surface area (Å²) >= 11 is 0. The van der Waals surface area contributed by atoms with Crippen molar-refractivity contribution < 1.29 is 4.79 Å². The van der Waals surface area contributed by atoms with Crippen molar-refractivity contribution in [2.45, 2.75) is 33.7 Å². The highest BCUT2D eigenvalue weighted by atomic mass is 16.2. The van der Waals surface area contributed by atoms with Crippen molar-refractivity contribution >= 4 is 5.91 Å². The highest BCUT2D eigenvalue weighted by molar-refractivity contribution is 5.73. The molecule has 0 aromatic heterocycles. The van der Waals surface area contributed by atoms with E-state index in [1.165, 1.54) is 5.56 Å². The number of nitrogens with zero attached hydrogens (tertiary/aromatic N) is 1. The first-order valence-electron chi connectivity index (χ1n) is 5.41. The minimum Gasteiger partial charge on any atom is -0.339 e. The fourth-order valence-electron chi connectivity index (χ4n) is 1.23. The number of rotatable bonds is 2. The summed E-state index contributed by atoms with van der Waals surface area (Å²) in [5.74, 6) is 0.0938. The lowest BCUT2D eigenvalue weighted by molar-refractivity contribution is -0.129. The minimum absolute atomic E-state index is 0.0938. The van der Waals surface area contributed by atoms with Crippen LogP contribution in [0.3, 0.4) is 0 Å². The second kappa shape index (κ2) is 7.04. The van der Waals surface area contributed by atoms with Crippen molar-refractivity contribution in [2.24, 2.45) is 0 Å². The molecule has 1 aromatic rings. The van der Waals surface area contributed by atoms with Crippen molar-refractivity contribution in [3.05, 3.63) is 35.9 Å². The SMILES string of the molecule is CC.CC(=O)N(C)C(C)c1ccccc1. The standard InChI is InChI=1S/C11H15NO.C2H6/c1-9(12(3)10(2)13)11-7-5-4-6-8-11;1-2/h4-9H,1-3H3;1-2H3. The first-order valence-corrected chi connectivity index (χ1v) is 5.41. The summed E-state index contributed by atoms with van der Waals surface area (Å²) in [6, 6.07) is 10.2. The third kappa shape index (κ3) is 4.15. The van der Waals surface area contributed by atoms with Crippen molar-refractivity contribution in [1.82, 2.24) is 4.90 Å². The largest absolute Gasteiger partial charge is 0.339 e. The van der Waals surface area contributed by atoms with E-state index in [9.17, 15) is 4.79 Å². The Balaban J connectivity index is 0.000000921. The van der Waals surface area contributed by atoms with Gasteiger partial charge in [-0.15, -0.1) is 0 Å². The summed E-state index contributed by atoms with van der Waals surface area (Å²) in [6.07, 6.45) is 0. The van der Waals surface area contributed by atoms with E-state index in [0.29, 0.717) is 0 Å². The summed E-state index contributed by atoms with van der Waals surface area (Å²) < 4.78 is 0. The van der Waals surface area contributed by atoms with Gasteiger partial charge >= 0.3 is 0 Å². The van der Waals surface area contributed by atoms with E-state index in [1.54, 1.807) is 11.8 Å². The van der Waals surface area contributed by atoms with Crippen LogP contribution in [0.5, 0.6) is 0 Å². The van der Waals surface area contributed by atoms with Gasteiger partial charge in [-0.25, -0.2) is 0 Å². The van der Waals surface area contributed by atoms with Gasteiger partial charge in [0.25, 0.3) is 0 Å². The molecule has 1 atom stereocenters. The van der Waals surface area contributed by atoms with Gasteiger partial charge in [0.15, 0.2) is 0 Å². The molecule has 0 saturated carbocycles. The Morgan fingerprint density at radius 2 is 1.67 bits per heavy atom. The van der Waals surface area contributed by atoms with Crippen LogP contribution < -0.4 is 0 Å². The molecule has 0 aliphatic carbocycles. The summed E-state index contributed by atoms with van der Waals surface area (Å²) in [6.45, 7) is 7.61. The molecule has 1 amide bonds. The first-order chi connectivity index (χ1) is 7.13. The zero-order chi connectivity index (χ0) is 11.8. The molecule has 1 aromatic carbocycles. The lowest BCUT2D eigenvalue weighted by Gasteiger charge is -2.23. The van der Waals surface area contributed by atoms with Crippen LogP contribution in [0.25, 0.3) is 0 Å². The fraction of sp³-hybridized carbons (Fsp3) is 0.462. The topological polar surface area (TPSA) is 20.3 Å². The van der Waals surface area contributed by atoms with Gasteiger partial charge in [-0.1, -0.05) is 44.2 Å². The van der Waals surface area contributed by atoms with Crippen LogP contribution >= 0.6 is 0 Å². The molecule has 1 unspecified atom stereocenters. The Morgan fingerprint density at radius 1 is 1.20 bits per heavy atom. The average Bonchev–Trinajstić information content (AvgIpc) is 2.31. The number of carbonyl (C=O) groups excluding carboxylic acids is 1. The van der Waals surface area contributed by atoms with E-state index in [2.05, 4.69) is 0 Å². The van der Waals surface area contributed by atoms with Crippen LogP contribution in [-0.4, -0.2) is 17.9 Å². The molecule has 0 radical (unpaired) electrons. The molecular formula is C13H21NO. The van der Waals surface area contributed by atoms with E-state index in [4.69, 9.17) is 0 Å². The number of amides is 1. The number of benzene rings is 1. The predicted octanol–water partition coefficient (Wildman–Crippen LogP) is 3.25. The molecular weight excluding hydrogens is 186 g/mol. The molecule has 84 valence electrons. The van der Waals surface area contributed by atoms with Crippen LogP contribution in [0, 0.1) is 0 Å². The van der Waals surface area contributed by atoms with E-state index in [-0.39, 0.29) is 11.9 Å². The Bertz CT molecular complexity index is 282. The highest BCUT2D eigenvalue weighted by Crippen LogP contribution is 2.17. The van der Waals surface area contributed by atoms with Crippen molar-refractivity contribution in [3.63, 3.8) is 0 Å². The summed E-state index contributed by atoms with van der Waals surface area (Å²) in [5.41, 5.74) is 1.17. The van der Waals surface area contributed by atoms with Gasteiger partial charge in [-0.3, -0.25) is 4.79 Å². The maximum absolute atomic E-state index is 11.1. The minimum atomic E-state index is 0.0938. The Hall–Kier alpha value is -1.31. The van der Waals surface area contributed by atoms with Crippen molar-refractivity contribution in [2.75, 3.05) is 7.05 Å². The molecule has 0 spiro atoms. The maximum Gasteiger partial charge on any atom is 0.219 e. The van der Waals surface area contributed by atoms with E-state index in [0.717, 1.165) is 0 Å². The highest BCUT2D eigenvalue weighted by Gasteiger charge is 2.12. The van der Waals surface area contributed by atoms with E-state index >= 15 is 0 Å². The molecule has 0 heterocycles. The predicted molar refractivity (Wildman–Crippen MR) is 64.6 cm³/mol. The van der Waals surface area contributed by atoms with Crippen molar-refractivity contribution in [3.8, 4) is 0 Å². The Labute approximate surface area is 92.9 Å². The molecule has 0 bridgehead atoms. The lowest BCUT2D eigenvalue weighted by atomic mass is 10.1. The van der Waals surface area contributed by atoms with Crippen LogP contribution in [0.2, 0.25) is 0 Å². The Morgan fingerprint density at radius 3 is 2.07 bits per heavy atom. The third-order valence-electron chi connectivity index (χ3n) is 2.36. The van der Waals surface area contributed by atoms with Gasteiger partial charge in [0.05, 0.1) is 6.04 Å². The van der Waals surface area contributed by atoms with Crippen LogP contribution in [-0.2, 0) is 4.79 Å². The molecule has 0 aliphatic heterocycles. The number of hydrogen-bond acceptors (Lipinski definition) is 1. The second-order valence-corrected chi connectivity index (χ2v) is 3.22. The zero-order valence-corrected chi connectivity index (χ0v) is 10.3. The molecule has 0 saturated heterocycles. The molecule has 0 N–H and O–H groups in total. The number of carbonyl (C=O) groups is 1. The van der Waals surface area contributed by atoms with Crippen molar-refractivity contribution in [1.29, 1.82) is 0 Å². The molecule has 0 aliphatic rings. The summed E-state index contributed by atoms with van der Waals surface area (Å²) in [5, 5.41) is 0. The summed E-state index contributed by atoms with van der Waals surface area (Å²) in [7, 11) is 1.82. The van der Waals surface area contributed by atoms with Gasteiger partial charge in [0, 0.05) is 14.0 Å². The average molecular weight is 207 g/mol.